The van der Waals surface area contributed by atoms with Gasteiger partial charge in [-0.2, -0.15) is 10.1 Å². The molecule has 0 fully saturated rings. The number of aliphatic hydroxyl groups is 1. The lowest BCUT2D eigenvalue weighted by molar-refractivity contribution is -0.114. The van der Waals surface area contributed by atoms with Crippen LogP contribution in [-0.2, 0) is 11.4 Å². The predicted octanol–water partition coefficient (Wildman–Crippen LogP) is 3.62. The minimum absolute atomic E-state index is 0.202. The molecule has 0 saturated carbocycles. The van der Waals surface area contributed by atoms with Gasteiger partial charge < -0.3 is 14.3 Å². The van der Waals surface area contributed by atoms with Crippen molar-refractivity contribution in [2.75, 3.05) is 12.1 Å². The fourth-order valence-electron chi connectivity index (χ4n) is 2.95. The van der Waals surface area contributed by atoms with Crippen molar-refractivity contribution in [2.45, 2.75) is 6.61 Å². The van der Waals surface area contributed by atoms with Crippen molar-refractivity contribution in [3.05, 3.63) is 89.4 Å². The summed E-state index contributed by atoms with van der Waals surface area (Å²) in [5, 5.41) is 15.2. The van der Waals surface area contributed by atoms with Crippen molar-refractivity contribution in [3.63, 3.8) is 0 Å². The van der Waals surface area contributed by atoms with Gasteiger partial charge in [0.15, 0.2) is 0 Å². The second kappa shape index (κ2) is 7.54. The van der Waals surface area contributed by atoms with Gasteiger partial charge in [0.05, 0.1) is 18.4 Å². The Balaban J connectivity index is 1.79. The molecule has 1 aliphatic rings. The largest absolute Gasteiger partial charge is 0.497 e. The van der Waals surface area contributed by atoms with E-state index in [1.165, 1.54) is 5.01 Å². The smallest absolute Gasteiger partial charge is 0.281 e. The third-order valence-corrected chi connectivity index (χ3v) is 4.37. The molecule has 0 saturated heterocycles. The minimum atomic E-state index is -0.251. The number of para-hydroxylation sites is 1. The SMILES string of the molecule is COc1ccc(C2=NN(c3ccccc3)C(=O)/C2=C\c2ccc(CO)o2)cc1. The maximum Gasteiger partial charge on any atom is 0.281 e. The van der Waals surface area contributed by atoms with Crippen LogP contribution < -0.4 is 9.75 Å². The van der Waals surface area contributed by atoms with Crippen molar-refractivity contribution < 1.29 is 19.1 Å². The molecule has 0 spiro atoms. The summed E-state index contributed by atoms with van der Waals surface area (Å²) < 4.78 is 10.7. The van der Waals surface area contributed by atoms with E-state index < -0.39 is 0 Å². The molecule has 2 aromatic carbocycles. The molecule has 0 aliphatic carbocycles. The summed E-state index contributed by atoms with van der Waals surface area (Å²) in [6.07, 6.45) is 1.65. The van der Waals surface area contributed by atoms with E-state index >= 15 is 0 Å². The van der Waals surface area contributed by atoms with Crippen LogP contribution in [0.4, 0.5) is 5.69 Å². The Morgan fingerprint density at radius 2 is 1.82 bits per heavy atom. The van der Waals surface area contributed by atoms with Crippen LogP contribution in [0.3, 0.4) is 0 Å². The molecule has 1 N–H and O–H groups in total. The highest BCUT2D eigenvalue weighted by Gasteiger charge is 2.32. The van der Waals surface area contributed by atoms with Crippen molar-refractivity contribution in [3.8, 4) is 5.75 Å². The molecule has 1 aliphatic heterocycles. The van der Waals surface area contributed by atoms with Gasteiger partial charge in [-0.3, -0.25) is 4.79 Å². The zero-order valence-corrected chi connectivity index (χ0v) is 15.2. The van der Waals surface area contributed by atoms with Gasteiger partial charge in [0, 0.05) is 5.56 Å². The molecule has 3 aromatic rings. The topological polar surface area (TPSA) is 75.3 Å². The van der Waals surface area contributed by atoms with Gasteiger partial charge in [-0.25, -0.2) is 0 Å². The molecule has 140 valence electrons. The molecule has 0 unspecified atom stereocenters. The first kappa shape index (κ1) is 17.8. The Kier molecular flexibility index (Phi) is 4.78. The number of furan rings is 1. The van der Waals surface area contributed by atoms with Gasteiger partial charge in [-0.1, -0.05) is 18.2 Å². The Morgan fingerprint density at radius 1 is 1.07 bits per heavy atom. The second-order valence-electron chi connectivity index (χ2n) is 6.15. The lowest BCUT2D eigenvalue weighted by Gasteiger charge is -2.10. The molecular weight excluding hydrogens is 356 g/mol. The van der Waals surface area contributed by atoms with Gasteiger partial charge in [0.1, 0.15) is 29.6 Å². The Hall–Kier alpha value is -3.64. The van der Waals surface area contributed by atoms with E-state index in [2.05, 4.69) is 5.10 Å². The Morgan fingerprint density at radius 3 is 2.46 bits per heavy atom. The number of carbonyl (C=O) groups excluding carboxylic acids is 1. The average molecular weight is 374 g/mol. The highest BCUT2D eigenvalue weighted by molar-refractivity contribution is 6.37. The first-order chi connectivity index (χ1) is 13.7. The van der Waals surface area contributed by atoms with Crippen LogP contribution in [-0.4, -0.2) is 23.8 Å². The number of amides is 1. The molecule has 1 aromatic heterocycles. The van der Waals surface area contributed by atoms with Gasteiger partial charge in [-0.15, -0.1) is 0 Å². The van der Waals surface area contributed by atoms with Gasteiger partial charge >= 0.3 is 0 Å². The van der Waals surface area contributed by atoms with E-state index in [0.29, 0.717) is 28.5 Å². The summed E-state index contributed by atoms with van der Waals surface area (Å²) in [5.74, 6) is 1.38. The van der Waals surface area contributed by atoms with Crippen molar-refractivity contribution in [1.29, 1.82) is 0 Å². The van der Waals surface area contributed by atoms with Crippen LogP contribution in [0.25, 0.3) is 6.08 Å². The third-order valence-electron chi connectivity index (χ3n) is 4.37. The van der Waals surface area contributed by atoms with E-state index in [1.54, 1.807) is 25.3 Å². The number of hydrazone groups is 1. The lowest BCUT2D eigenvalue weighted by Crippen LogP contribution is -2.21. The summed E-state index contributed by atoms with van der Waals surface area (Å²) in [5.41, 5.74) is 2.41. The number of hydrogen-bond acceptors (Lipinski definition) is 5. The number of anilines is 1. The first-order valence-corrected chi connectivity index (χ1v) is 8.74. The summed E-state index contributed by atoms with van der Waals surface area (Å²) in [6.45, 7) is -0.202. The van der Waals surface area contributed by atoms with E-state index in [1.807, 2.05) is 54.6 Å². The van der Waals surface area contributed by atoms with Crippen LogP contribution >= 0.6 is 0 Å². The summed E-state index contributed by atoms with van der Waals surface area (Å²) in [6, 6.07) is 20.0. The summed E-state index contributed by atoms with van der Waals surface area (Å²) in [4.78, 5) is 13.1. The van der Waals surface area contributed by atoms with Crippen LogP contribution in [0.2, 0.25) is 0 Å². The minimum Gasteiger partial charge on any atom is -0.497 e. The average Bonchev–Trinajstić information content (AvgIpc) is 3.34. The van der Waals surface area contributed by atoms with Crippen molar-refractivity contribution in [1.82, 2.24) is 0 Å². The quantitative estimate of drug-likeness (QED) is 0.692. The highest BCUT2D eigenvalue weighted by atomic mass is 16.5. The van der Waals surface area contributed by atoms with Crippen LogP contribution in [0.15, 0.2) is 81.8 Å². The van der Waals surface area contributed by atoms with Crippen LogP contribution in [0.5, 0.6) is 5.75 Å². The predicted molar refractivity (Wildman–Crippen MR) is 106 cm³/mol. The Bertz CT molecular complexity index is 1050. The third kappa shape index (κ3) is 3.33. The zero-order valence-electron chi connectivity index (χ0n) is 15.2. The molecule has 6 nitrogen and oxygen atoms in total. The fourth-order valence-corrected chi connectivity index (χ4v) is 2.95. The maximum atomic E-state index is 13.1. The number of ether oxygens (including phenoxy) is 1. The molecule has 6 heteroatoms. The van der Waals surface area contributed by atoms with Crippen molar-refractivity contribution >= 4 is 23.4 Å². The number of nitrogens with zero attached hydrogens (tertiary/aromatic N) is 2. The molecule has 0 radical (unpaired) electrons. The second-order valence-corrected chi connectivity index (χ2v) is 6.15. The van der Waals surface area contributed by atoms with Gasteiger partial charge in [-0.05, 0) is 54.6 Å². The van der Waals surface area contributed by atoms with Crippen LogP contribution in [0.1, 0.15) is 17.1 Å². The number of benzene rings is 2. The molecule has 2 heterocycles. The molecule has 0 bridgehead atoms. The molecular formula is C22H18N2O4. The van der Waals surface area contributed by atoms with Crippen molar-refractivity contribution in [2.24, 2.45) is 5.10 Å². The molecule has 1 amide bonds. The first-order valence-electron chi connectivity index (χ1n) is 8.74. The number of methoxy groups -OCH3 is 1. The van der Waals surface area contributed by atoms with E-state index in [0.717, 1.165) is 11.3 Å². The number of carbonyl (C=O) groups is 1. The maximum absolute atomic E-state index is 13.1. The molecule has 4 rings (SSSR count). The standard InChI is InChI=1S/C22H18N2O4/c1-27-17-9-7-15(8-10-17)21-20(13-18-11-12-19(14-25)28-18)22(26)24(23-21)16-5-3-2-4-6-16/h2-13,25H,14H2,1H3/b20-13-. The van der Waals surface area contributed by atoms with Gasteiger partial charge in [0.25, 0.3) is 5.91 Å². The zero-order chi connectivity index (χ0) is 19.5. The van der Waals surface area contributed by atoms with E-state index in [9.17, 15) is 9.90 Å². The monoisotopic (exact) mass is 374 g/mol. The summed E-state index contributed by atoms with van der Waals surface area (Å²) >= 11 is 0. The highest BCUT2D eigenvalue weighted by Crippen LogP contribution is 2.28. The number of hydrogen-bond donors (Lipinski definition) is 1. The molecule has 0 atom stereocenters. The van der Waals surface area contributed by atoms with Crippen LogP contribution in [0, 0.1) is 0 Å². The summed E-state index contributed by atoms with van der Waals surface area (Å²) in [7, 11) is 1.60. The Labute approximate surface area is 162 Å². The lowest BCUT2D eigenvalue weighted by atomic mass is 10.0. The van der Waals surface area contributed by atoms with E-state index in [-0.39, 0.29) is 12.5 Å². The normalized spacial score (nSPS) is 15.2. The fraction of sp³-hybridized carbons (Fsp3) is 0.0909. The number of aliphatic hydroxyl groups excluding tert-OH is 1. The number of rotatable bonds is 5. The van der Waals surface area contributed by atoms with Gasteiger partial charge in [0.2, 0.25) is 0 Å². The molecule has 28 heavy (non-hydrogen) atoms. The van der Waals surface area contributed by atoms with E-state index in [4.69, 9.17) is 9.15 Å².